The molecule has 5 aliphatic rings. The molecule has 4 amide bonds. The van der Waals surface area contributed by atoms with Crippen LogP contribution in [0.1, 0.15) is 91.6 Å². The molecule has 3 aromatic carbocycles. The summed E-state index contributed by atoms with van der Waals surface area (Å²) in [6, 6.07) is 7.47. The molecule has 69 heavy (non-hydrogen) atoms. The monoisotopic (exact) mass is 984 g/mol. The van der Waals surface area contributed by atoms with E-state index in [9.17, 15) is 23.6 Å². The third kappa shape index (κ3) is 10.0. The van der Waals surface area contributed by atoms with Crippen molar-refractivity contribution < 1.29 is 37.1 Å². The minimum Gasteiger partial charge on any atom is -0.493 e. The highest BCUT2D eigenvalue weighted by molar-refractivity contribution is 6.41. The number of ether oxygens (including phenoxy) is 1. The molecule has 0 spiro atoms. The van der Waals surface area contributed by atoms with Gasteiger partial charge in [-0.2, -0.15) is 0 Å². The van der Waals surface area contributed by atoms with Gasteiger partial charge in [0, 0.05) is 49.1 Å². The smallest absolute Gasteiger partial charge is 0.265 e. The first-order valence-electron chi connectivity index (χ1n) is 23.8. The number of likely N-dealkylation sites (tertiary alicyclic amines) is 1. The van der Waals surface area contributed by atoms with E-state index in [0.29, 0.717) is 41.8 Å². The summed E-state index contributed by atoms with van der Waals surface area (Å²) in [5, 5.41) is 2.44. The minimum atomic E-state index is -0.823. The quantitative estimate of drug-likeness (QED) is 0.0795. The number of hydrogen-bond donors (Lipinski definition) is 1. The zero-order chi connectivity index (χ0) is 48.5. The van der Waals surface area contributed by atoms with E-state index in [0.717, 1.165) is 82.1 Å². The second kappa shape index (κ2) is 20.7. The van der Waals surface area contributed by atoms with Crippen molar-refractivity contribution in [1.29, 1.82) is 0 Å². The summed E-state index contributed by atoms with van der Waals surface area (Å²) >= 11 is 12.7. The van der Waals surface area contributed by atoms with Crippen molar-refractivity contribution in [2.75, 3.05) is 57.3 Å². The van der Waals surface area contributed by atoms with Gasteiger partial charge in [0.15, 0.2) is 5.82 Å². The average Bonchev–Trinajstić information content (AvgIpc) is 3.66. The molecule has 9 rings (SSSR count). The molecule has 1 unspecified atom stereocenters. The van der Waals surface area contributed by atoms with E-state index >= 15 is 8.78 Å². The van der Waals surface area contributed by atoms with E-state index in [2.05, 4.69) is 31.6 Å². The highest BCUT2D eigenvalue weighted by Crippen LogP contribution is 2.44. The van der Waals surface area contributed by atoms with Crippen molar-refractivity contribution in [3.8, 4) is 16.9 Å². The Hall–Kier alpha value is -5.76. The van der Waals surface area contributed by atoms with Crippen LogP contribution in [0, 0.1) is 35.9 Å². The van der Waals surface area contributed by atoms with Gasteiger partial charge < -0.3 is 29.2 Å². The fourth-order valence-electron chi connectivity index (χ4n) is 11.2. The third-order valence-corrected chi connectivity index (χ3v) is 15.3. The maximum absolute atomic E-state index is 16.7. The van der Waals surface area contributed by atoms with Crippen molar-refractivity contribution in [3.05, 3.63) is 105 Å². The fraction of sp³-hybridized carbons (Fsp3) is 0.471. The van der Waals surface area contributed by atoms with Crippen molar-refractivity contribution >= 4 is 63.6 Å². The number of hydrogen-bond acceptors (Lipinski definition) is 9. The first-order valence-corrected chi connectivity index (χ1v) is 24.5. The van der Waals surface area contributed by atoms with E-state index in [4.69, 9.17) is 34.5 Å². The number of halogens is 5. The maximum Gasteiger partial charge on any atom is 0.265 e. The van der Waals surface area contributed by atoms with E-state index in [1.54, 1.807) is 12.1 Å². The molecule has 0 bridgehead atoms. The zero-order valence-electron chi connectivity index (χ0n) is 38.1. The van der Waals surface area contributed by atoms with E-state index in [-0.39, 0.29) is 89.2 Å². The number of imide groups is 1. The minimum absolute atomic E-state index is 0.0168. The SMILES string of the molecule is [C-]#[N+]C[C@@H]1CN(c2ncnc3c(F)c(-c4c(F)cccc4OCCC4CCC(CCN5CCC(c6cc(F)cc7c6CN(C6CCC(=O)NC6=O)C7=O)CC5)CC4)c(Cl)cc23)CCN1C(=O)C(=C)Cl. The molecular formula is C51H53Cl2F3N8O5. The van der Waals surface area contributed by atoms with Gasteiger partial charge in [-0.1, -0.05) is 61.5 Å². The summed E-state index contributed by atoms with van der Waals surface area (Å²) < 4.78 is 53.6. The van der Waals surface area contributed by atoms with Crippen LogP contribution in [0.3, 0.4) is 0 Å². The molecule has 0 radical (unpaired) electrons. The van der Waals surface area contributed by atoms with Crippen LogP contribution in [0.4, 0.5) is 19.0 Å². The molecule has 2 atom stereocenters. The number of piperidine rings is 2. The van der Waals surface area contributed by atoms with Crippen molar-refractivity contribution in [1.82, 2.24) is 30.0 Å². The van der Waals surface area contributed by atoms with Crippen molar-refractivity contribution in [2.24, 2.45) is 11.8 Å². The van der Waals surface area contributed by atoms with Gasteiger partial charge in [-0.05, 0) is 111 Å². The molecule has 362 valence electrons. The molecule has 1 aliphatic carbocycles. The molecular weight excluding hydrogens is 933 g/mol. The molecule has 1 N–H and O–H groups in total. The van der Waals surface area contributed by atoms with Gasteiger partial charge in [-0.25, -0.2) is 29.7 Å². The molecule has 4 aromatic rings. The van der Waals surface area contributed by atoms with Crippen LogP contribution in [0.5, 0.6) is 5.75 Å². The van der Waals surface area contributed by atoms with Crippen LogP contribution >= 0.6 is 23.2 Å². The number of nitrogens with one attached hydrogen (secondary N) is 1. The normalized spacial score (nSPS) is 22.4. The number of fused-ring (bicyclic) bond motifs is 2. The van der Waals surface area contributed by atoms with Crippen LogP contribution in [0.15, 0.2) is 54.3 Å². The van der Waals surface area contributed by atoms with Gasteiger partial charge in [0.05, 0.1) is 22.2 Å². The topological polar surface area (TPSA) is 133 Å². The molecule has 3 saturated heterocycles. The molecule has 4 fully saturated rings. The molecule has 1 saturated carbocycles. The number of rotatable bonds is 13. The molecule has 5 heterocycles. The van der Waals surface area contributed by atoms with Crippen LogP contribution in [-0.4, -0.2) is 113 Å². The number of benzene rings is 3. The highest BCUT2D eigenvalue weighted by Gasteiger charge is 2.41. The Morgan fingerprint density at radius 1 is 0.942 bits per heavy atom. The molecule has 18 heteroatoms. The first-order chi connectivity index (χ1) is 33.3. The zero-order valence-corrected chi connectivity index (χ0v) is 39.6. The molecule has 4 aliphatic heterocycles. The molecule has 1 aromatic heterocycles. The van der Waals surface area contributed by atoms with Gasteiger partial charge in [0.25, 0.3) is 11.8 Å². The van der Waals surface area contributed by atoms with Crippen LogP contribution in [0.25, 0.3) is 26.9 Å². The average molecular weight is 986 g/mol. The lowest BCUT2D eigenvalue weighted by atomic mass is 9.79. The Labute approximate surface area is 408 Å². The fourth-order valence-corrected chi connectivity index (χ4v) is 11.6. The van der Waals surface area contributed by atoms with Crippen molar-refractivity contribution in [3.63, 3.8) is 0 Å². The van der Waals surface area contributed by atoms with Crippen molar-refractivity contribution in [2.45, 2.75) is 88.8 Å². The number of nitrogens with zero attached hydrogens (tertiary/aromatic N) is 7. The predicted octanol–water partition coefficient (Wildman–Crippen LogP) is 8.66. The largest absolute Gasteiger partial charge is 0.493 e. The van der Waals surface area contributed by atoms with E-state index < -0.39 is 41.3 Å². The Bertz CT molecular complexity index is 2740. The summed E-state index contributed by atoms with van der Waals surface area (Å²) in [6.07, 6.45) is 9.47. The van der Waals surface area contributed by atoms with Gasteiger partial charge >= 0.3 is 0 Å². The summed E-state index contributed by atoms with van der Waals surface area (Å²) in [6.45, 7) is 15.1. The summed E-state index contributed by atoms with van der Waals surface area (Å²) in [5.74, 6) is -1.93. The first kappa shape index (κ1) is 48.3. The van der Waals surface area contributed by atoms with Gasteiger partial charge in [-0.3, -0.25) is 24.5 Å². The Kier molecular flexibility index (Phi) is 14.5. The van der Waals surface area contributed by atoms with Gasteiger partial charge in [-0.15, -0.1) is 0 Å². The number of carbonyl (C=O) groups excluding carboxylic acids is 4. The molecule has 13 nitrogen and oxygen atoms in total. The lowest BCUT2D eigenvalue weighted by Crippen LogP contribution is -2.56. The third-order valence-electron chi connectivity index (χ3n) is 14.9. The van der Waals surface area contributed by atoms with Crippen LogP contribution < -0.4 is 15.0 Å². The standard InChI is InChI=1S/C51H53Cl2F3N8O5/c1-29(52)50(67)63-20-19-62(26-34(63)25-57-2)48-37-24-39(53)44(46(56)47(37)58-28-59-48)45-40(55)4-3-5-42(45)69-21-15-31-8-6-30(7-9-31)12-16-61-17-13-32(14-18-61)35-22-33(54)23-36-38(35)27-64(51(36)68)41-10-11-43(65)60-49(41)66/h3-5,22-24,28,30-32,34,41H,1,6-21,25-27H2,(H,60,65,66)/t30?,31?,34-,41?/m1/s1. The second-order valence-electron chi connectivity index (χ2n) is 18.9. The van der Waals surface area contributed by atoms with E-state index in [1.165, 1.54) is 40.4 Å². The Morgan fingerprint density at radius 3 is 2.42 bits per heavy atom. The number of aromatic nitrogens is 2. The Morgan fingerprint density at radius 2 is 1.70 bits per heavy atom. The number of piperazine rings is 1. The summed E-state index contributed by atoms with van der Waals surface area (Å²) in [5.41, 5.74) is 1.65. The summed E-state index contributed by atoms with van der Waals surface area (Å²) in [7, 11) is 0. The van der Waals surface area contributed by atoms with Crippen LogP contribution in [-0.2, 0) is 20.9 Å². The van der Waals surface area contributed by atoms with Gasteiger partial charge in [0.2, 0.25) is 18.4 Å². The van der Waals surface area contributed by atoms with E-state index in [1.807, 2.05) is 4.90 Å². The predicted molar refractivity (Wildman–Crippen MR) is 255 cm³/mol. The maximum atomic E-state index is 16.7. The Balaban J connectivity index is 0.766. The van der Waals surface area contributed by atoms with Gasteiger partial charge in [0.1, 0.15) is 47.1 Å². The number of amides is 4. The van der Waals surface area contributed by atoms with Crippen LogP contribution in [0.2, 0.25) is 5.02 Å². The lowest BCUT2D eigenvalue weighted by molar-refractivity contribution is -0.137. The lowest BCUT2D eigenvalue weighted by Gasteiger charge is -2.40. The summed E-state index contributed by atoms with van der Waals surface area (Å²) in [4.78, 5) is 69.9. The number of anilines is 1. The highest BCUT2D eigenvalue weighted by atomic mass is 35.5. The second-order valence-corrected chi connectivity index (χ2v) is 19.8. The number of carbonyl (C=O) groups is 4.